The molecule has 2 aromatic carbocycles. The van der Waals surface area contributed by atoms with Crippen LogP contribution in [0.2, 0.25) is 0 Å². The van der Waals surface area contributed by atoms with Crippen molar-refractivity contribution < 1.29 is 9.09 Å². The van der Waals surface area contributed by atoms with Crippen LogP contribution in [0.3, 0.4) is 0 Å². The molecule has 17 heavy (non-hydrogen) atoms. The Kier molecular flexibility index (Phi) is 5.52. The zero-order valence-corrected chi connectivity index (χ0v) is 15.3. The first kappa shape index (κ1) is 14.0. The molecule has 0 amide bonds. The molecule has 3 heteroatoms. The molecular weight excluding hydrogens is 470 g/mol. The first-order valence-corrected chi connectivity index (χ1v) is 17.9. The van der Waals surface area contributed by atoms with Crippen LogP contribution >= 0.6 is 38.4 Å². The minimum absolute atomic E-state index is 1.29. The Balaban J connectivity index is 2.04. The molecule has 0 aliphatic carbocycles. The molecule has 2 rings (SSSR count). The second-order valence-electron chi connectivity index (χ2n) is 4.18. The predicted molar refractivity (Wildman–Crippen MR) is 88.3 cm³/mol. The van der Waals surface area contributed by atoms with Crippen molar-refractivity contribution in [3.63, 3.8) is 0 Å². The molecule has 0 N–H and O–H groups in total. The summed E-state index contributed by atoms with van der Waals surface area (Å²) >= 11 is 5.51. The van der Waals surface area contributed by atoms with Crippen LogP contribution in [-0.2, 0) is 18.5 Å². The van der Waals surface area contributed by atoms with E-state index in [9.17, 15) is 0 Å². The molecule has 0 saturated carbocycles. The van der Waals surface area contributed by atoms with Crippen molar-refractivity contribution in [2.75, 3.05) is 0 Å². The molecule has 0 atom stereocenters. The SMILES string of the molecule is [I][Ti]([I])([CH2]c1ccccc1)[CH2]c1ccccc1. The maximum atomic E-state index is 2.76. The van der Waals surface area contributed by atoms with Gasteiger partial charge < -0.3 is 0 Å². The van der Waals surface area contributed by atoms with Gasteiger partial charge in [-0.2, -0.15) is 0 Å². The topological polar surface area (TPSA) is 0 Å². The summed E-state index contributed by atoms with van der Waals surface area (Å²) in [4.78, 5) is 0. The van der Waals surface area contributed by atoms with E-state index >= 15 is 0 Å². The van der Waals surface area contributed by atoms with E-state index in [1.807, 2.05) is 0 Å². The molecule has 2 aromatic rings. The molecule has 0 aliphatic rings. The first-order chi connectivity index (χ1) is 8.16. The van der Waals surface area contributed by atoms with E-state index < -0.39 is 9.09 Å². The molecule has 88 valence electrons. The monoisotopic (exact) mass is 484 g/mol. The summed E-state index contributed by atoms with van der Waals surface area (Å²) in [6.45, 7) is 0. The van der Waals surface area contributed by atoms with Gasteiger partial charge in [-0.15, -0.1) is 0 Å². The molecule has 0 heterocycles. The maximum absolute atomic E-state index is 2.76. The van der Waals surface area contributed by atoms with Gasteiger partial charge in [0.2, 0.25) is 0 Å². The van der Waals surface area contributed by atoms with Gasteiger partial charge in [0.05, 0.1) is 0 Å². The second-order valence-corrected chi connectivity index (χ2v) is 33.5. The average molecular weight is 484 g/mol. The van der Waals surface area contributed by atoms with Gasteiger partial charge in [-0.3, -0.25) is 0 Å². The van der Waals surface area contributed by atoms with Crippen molar-refractivity contribution in [1.82, 2.24) is 0 Å². The van der Waals surface area contributed by atoms with Crippen LogP contribution < -0.4 is 0 Å². The molecule has 0 bridgehead atoms. The fourth-order valence-electron chi connectivity index (χ4n) is 1.85. The Bertz CT molecular complexity index is 411. The summed E-state index contributed by atoms with van der Waals surface area (Å²) in [5.41, 5.74) is 2.99. The number of hydrogen-bond donors (Lipinski definition) is 0. The van der Waals surface area contributed by atoms with E-state index in [-0.39, 0.29) is 0 Å². The molecule has 0 spiro atoms. The predicted octanol–water partition coefficient (Wildman–Crippen LogP) is 5.24. The van der Waals surface area contributed by atoms with E-state index in [0.29, 0.717) is 0 Å². The van der Waals surface area contributed by atoms with Crippen LogP contribution in [0, 0.1) is 0 Å². The van der Waals surface area contributed by atoms with Gasteiger partial charge in [-0.25, -0.2) is 0 Å². The van der Waals surface area contributed by atoms with Crippen LogP contribution in [-0.4, -0.2) is 0 Å². The van der Waals surface area contributed by atoms with Crippen molar-refractivity contribution in [2.45, 2.75) is 9.45 Å². The Morgan fingerprint density at radius 2 is 1.00 bits per heavy atom. The number of rotatable bonds is 4. The second kappa shape index (κ2) is 6.69. The van der Waals surface area contributed by atoms with Crippen LogP contribution in [0.5, 0.6) is 0 Å². The Labute approximate surface area is 127 Å². The third-order valence-electron chi connectivity index (χ3n) is 2.61. The van der Waals surface area contributed by atoms with Gasteiger partial charge in [0.15, 0.2) is 0 Å². The molecule has 0 saturated heterocycles. The van der Waals surface area contributed by atoms with E-state index in [0.717, 1.165) is 0 Å². The normalized spacial score (nSPS) is 11.4. The summed E-state index contributed by atoms with van der Waals surface area (Å²) < 4.78 is 2.58. The zero-order valence-electron chi connectivity index (χ0n) is 9.44. The van der Waals surface area contributed by atoms with E-state index in [4.69, 9.17) is 0 Å². The van der Waals surface area contributed by atoms with Crippen molar-refractivity contribution in [1.29, 1.82) is 0 Å². The Hall–Kier alpha value is 0.614. The number of benzene rings is 2. The molecule has 0 nitrogen and oxygen atoms in total. The summed E-state index contributed by atoms with van der Waals surface area (Å²) in [5.74, 6) is 0. The van der Waals surface area contributed by atoms with E-state index in [1.54, 1.807) is 0 Å². The standard InChI is InChI=1S/2C7H7.2HI.Ti/c2*1-7-5-3-2-4-6-7;;;/h2*2-6H,1H2;2*1H;/q;;;;+2/p-2. The van der Waals surface area contributed by atoms with Crippen LogP contribution in [0.25, 0.3) is 0 Å². The Morgan fingerprint density at radius 3 is 1.35 bits per heavy atom. The van der Waals surface area contributed by atoms with Crippen LogP contribution in [0.4, 0.5) is 0 Å². The van der Waals surface area contributed by atoms with Gasteiger partial charge in [0.1, 0.15) is 0 Å². The molecule has 0 aliphatic heterocycles. The van der Waals surface area contributed by atoms with Crippen molar-refractivity contribution in [2.24, 2.45) is 0 Å². The third-order valence-corrected chi connectivity index (χ3v) is 11.8. The summed E-state index contributed by atoms with van der Waals surface area (Å²) in [6, 6.07) is 21.8. The minimum atomic E-state index is -1.77. The fraction of sp³-hybridized carbons (Fsp3) is 0.143. The Morgan fingerprint density at radius 1 is 0.647 bits per heavy atom. The first-order valence-electron chi connectivity index (χ1n) is 5.61. The molecule has 0 radical (unpaired) electrons. The van der Waals surface area contributed by atoms with Crippen molar-refractivity contribution in [3.05, 3.63) is 71.8 Å². The fourth-order valence-corrected chi connectivity index (χ4v) is 11.9. The summed E-state index contributed by atoms with van der Waals surface area (Å²) in [7, 11) is -1.77. The molecule has 0 fully saturated rings. The van der Waals surface area contributed by atoms with Crippen molar-refractivity contribution in [3.8, 4) is 0 Å². The number of halogens is 2. The van der Waals surface area contributed by atoms with Crippen LogP contribution in [0.15, 0.2) is 60.7 Å². The van der Waals surface area contributed by atoms with E-state index in [2.05, 4.69) is 99.0 Å². The van der Waals surface area contributed by atoms with Gasteiger partial charge >= 0.3 is 129 Å². The summed E-state index contributed by atoms with van der Waals surface area (Å²) in [5, 5.41) is 0. The quantitative estimate of drug-likeness (QED) is 0.412. The van der Waals surface area contributed by atoms with Gasteiger partial charge in [-0.1, -0.05) is 0 Å². The van der Waals surface area contributed by atoms with Gasteiger partial charge in [-0.05, 0) is 0 Å². The number of hydrogen-bond acceptors (Lipinski definition) is 0. The molecular formula is C14H14I2Ti. The van der Waals surface area contributed by atoms with Crippen LogP contribution in [0.1, 0.15) is 11.1 Å². The molecule has 0 aromatic heterocycles. The average Bonchev–Trinajstić information content (AvgIpc) is 2.30. The van der Waals surface area contributed by atoms with E-state index in [1.165, 1.54) is 20.6 Å². The molecule has 0 unspecified atom stereocenters. The van der Waals surface area contributed by atoms with Gasteiger partial charge in [0.25, 0.3) is 0 Å². The summed E-state index contributed by atoms with van der Waals surface area (Å²) in [6.07, 6.45) is 0. The third kappa shape index (κ3) is 5.01. The van der Waals surface area contributed by atoms with Gasteiger partial charge in [0, 0.05) is 0 Å². The van der Waals surface area contributed by atoms with Crippen molar-refractivity contribution >= 4 is 38.4 Å². The zero-order chi connectivity index (χ0) is 12.1.